The van der Waals surface area contributed by atoms with Crippen molar-refractivity contribution in [3.63, 3.8) is 0 Å². The zero-order valence-electron chi connectivity index (χ0n) is 20.7. The van der Waals surface area contributed by atoms with Gasteiger partial charge in [0.05, 0.1) is 19.7 Å². The maximum Gasteiger partial charge on any atom is 0.295 e. The van der Waals surface area contributed by atoms with Gasteiger partial charge in [-0.25, -0.2) is 4.98 Å². The first-order valence-corrected chi connectivity index (χ1v) is 11.6. The molecule has 3 aromatic rings. The van der Waals surface area contributed by atoms with Crippen LogP contribution < -0.4 is 14.8 Å². The molecule has 2 aromatic carbocycles. The molecule has 0 radical (unpaired) electrons. The van der Waals surface area contributed by atoms with Crippen molar-refractivity contribution in [1.82, 2.24) is 4.90 Å². The van der Waals surface area contributed by atoms with E-state index in [4.69, 9.17) is 4.74 Å². The van der Waals surface area contributed by atoms with E-state index in [0.717, 1.165) is 16.7 Å². The average Bonchev–Trinajstić information content (AvgIpc) is 3.08. The Balaban J connectivity index is 1.87. The lowest BCUT2D eigenvalue weighted by Crippen LogP contribution is -2.29. The van der Waals surface area contributed by atoms with Gasteiger partial charge in [-0.15, -0.1) is 0 Å². The number of ether oxygens (including phenoxy) is 1. The smallest absolute Gasteiger partial charge is 0.295 e. The van der Waals surface area contributed by atoms with Gasteiger partial charge in [0.1, 0.15) is 5.75 Å². The number of carbonyl (C=O) groups excluding carboxylic acids is 2. The number of ketones is 1. The van der Waals surface area contributed by atoms with Gasteiger partial charge >= 0.3 is 0 Å². The molecule has 2 heterocycles. The molecule has 6 nitrogen and oxygen atoms in total. The molecule has 0 aliphatic carbocycles. The van der Waals surface area contributed by atoms with E-state index < -0.39 is 23.5 Å². The first-order chi connectivity index (χ1) is 16.6. The van der Waals surface area contributed by atoms with E-state index in [1.807, 2.05) is 36.4 Å². The number of aromatic nitrogens is 1. The summed E-state index contributed by atoms with van der Waals surface area (Å²) in [4.78, 5) is 31.0. The van der Waals surface area contributed by atoms with Gasteiger partial charge in [0.25, 0.3) is 5.91 Å². The van der Waals surface area contributed by atoms with Crippen LogP contribution in [0.1, 0.15) is 54.6 Å². The summed E-state index contributed by atoms with van der Waals surface area (Å²) in [6.45, 7) is 8.36. The molecule has 0 saturated carbocycles. The summed E-state index contributed by atoms with van der Waals surface area (Å²) in [6.07, 6.45) is 3.56. The Kier molecular flexibility index (Phi) is 6.48. The van der Waals surface area contributed by atoms with Crippen molar-refractivity contribution >= 4 is 17.4 Å². The highest BCUT2D eigenvalue weighted by molar-refractivity contribution is 6.46. The summed E-state index contributed by atoms with van der Waals surface area (Å²) in [5.74, 6) is -1.24. The van der Waals surface area contributed by atoms with Crippen LogP contribution in [-0.2, 0) is 21.5 Å². The van der Waals surface area contributed by atoms with Gasteiger partial charge in [0.2, 0.25) is 5.78 Å². The molecule has 0 bridgehead atoms. The number of hydrogen-bond donors (Lipinski definition) is 0. The lowest BCUT2D eigenvalue weighted by atomic mass is 9.85. The number of pyridine rings is 1. The van der Waals surface area contributed by atoms with Crippen LogP contribution in [0.15, 0.2) is 72.6 Å². The molecule has 35 heavy (non-hydrogen) atoms. The largest absolute Gasteiger partial charge is 0.872 e. The molecule has 1 amide bonds. The zero-order valence-corrected chi connectivity index (χ0v) is 20.7. The molecule has 1 atom stereocenters. The molecule has 0 spiro atoms. The molecule has 6 heteroatoms. The topological polar surface area (TPSA) is 83.8 Å². The van der Waals surface area contributed by atoms with Gasteiger partial charge in [0.15, 0.2) is 12.4 Å². The van der Waals surface area contributed by atoms with Gasteiger partial charge in [0, 0.05) is 17.2 Å². The number of methoxy groups -OCH3 is 1. The van der Waals surface area contributed by atoms with Gasteiger partial charge in [-0.05, 0) is 52.8 Å². The normalized spacial score (nSPS) is 17.6. The number of H-pyrrole nitrogens is 1. The SMILES string of the molecule is COc1ccc(C([O-])=C2C(=O)C(=O)N(Cc3ccc[nH+]c3)C2c2ccc(C(C)(C)C)cc2)c(C)c1. The maximum absolute atomic E-state index is 13.7. The van der Waals surface area contributed by atoms with Crippen LogP contribution >= 0.6 is 0 Å². The van der Waals surface area contributed by atoms with E-state index in [2.05, 4.69) is 25.8 Å². The fourth-order valence-corrected chi connectivity index (χ4v) is 4.43. The predicted octanol–water partition coefficient (Wildman–Crippen LogP) is 3.54. The molecule has 1 N–H and O–H groups in total. The second kappa shape index (κ2) is 9.37. The van der Waals surface area contributed by atoms with Crippen molar-refractivity contribution in [1.29, 1.82) is 0 Å². The second-order valence-electron chi connectivity index (χ2n) is 9.87. The van der Waals surface area contributed by atoms with Gasteiger partial charge in [-0.3, -0.25) is 9.59 Å². The van der Waals surface area contributed by atoms with Crippen LogP contribution in [0.25, 0.3) is 5.76 Å². The Bertz CT molecular complexity index is 1290. The molecular weight excluding hydrogens is 440 g/mol. The summed E-state index contributed by atoms with van der Waals surface area (Å²) in [5.41, 5.74) is 3.67. The molecule has 1 aliphatic rings. The number of aryl methyl sites for hydroxylation is 1. The van der Waals surface area contributed by atoms with Crippen LogP contribution in [0, 0.1) is 6.92 Å². The van der Waals surface area contributed by atoms with Crippen LogP contribution in [0.3, 0.4) is 0 Å². The molecule has 4 rings (SSSR count). The van der Waals surface area contributed by atoms with E-state index in [0.29, 0.717) is 16.9 Å². The van der Waals surface area contributed by atoms with Crippen LogP contribution in [0.5, 0.6) is 5.75 Å². The van der Waals surface area contributed by atoms with Crippen molar-refractivity contribution in [2.45, 2.75) is 45.7 Å². The third-order valence-corrected chi connectivity index (χ3v) is 6.42. The minimum absolute atomic E-state index is 0.0216. The summed E-state index contributed by atoms with van der Waals surface area (Å²) in [5, 5.41) is 13.7. The Labute approximate surface area is 205 Å². The molecule has 1 fully saturated rings. The van der Waals surface area contributed by atoms with Gasteiger partial charge in [-0.1, -0.05) is 56.9 Å². The molecule has 180 valence electrons. The highest BCUT2D eigenvalue weighted by Crippen LogP contribution is 2.40. The lowest BCUT2D eigenvalue weighted by molar-refractivity contribution is -0.378. The Morgan fingerprint density at radius 1 is 1.09 bits per heavy atom. The third kappa shape index (κ3) is 4.69. The van der Waals surface area contributed by atoms with E-state index in [1.54, 1.807) is 44.6 Å². The van der Waals surface area contributed by atoms with Gasteiger partial charge in [-0.2, -0.15) is 0 Å². The average molecular weight is 471 g/mol. The second-order valence-corrected chi connectivity index (χ2v) is 9.87. The van der Waals surface area contributed by atoms with Crippen molar-refractivity contribution in [3.8, 4) is 5.75 Å². The Morgan fingerprint density at radius 3 is 2.37 bits per heavy atom. The number of aromatic amines is 1. The minimum Gasteiger partial charge on any atom is -0.872 e. The highest BCUT2D eigenvalue weighted by Gasteiger charge is 2.44. The number of nitrogens with one attached hydrogen (secondary N) is 1. The van der Waals surface area contributed by atoms with E-state index >= 15 is 0 Å². The number of rotatable bonds is 5. The van der Waals surface area contributed by atoms with Crippen molar-refractivity contribution in [2.75, 3.05) is 7.11 Å². The zero-order chi connectivity index (χ0) is 25.3. The Morgan fingerprint density at radius 2 is 1.80 bits per heavy atom. The predicted molar refractivity (Wildman–Crippen MR) is 131 cm³/mol. The van der Waals surface area contributed by atoms with Crippen molar-refractivity contribution < 1.29 is 24.4 Å². The van der Waals surface area contributed by atoms with Crippen LogP contribution in [-0.4, -0.2) is 23.7 Å². The number of nitrogens with zero attached hydrogens (tertiary/aromatic N) is 1. The molecule has 1 saturated heterocycles. The summed E-state index contributed by atoms with van der Waals surface area (Å²) in [6, 6.07) is 15.8. The van der Waals surface area contributed by atoms with Crippen molar-refractivity contribution in [3.05, 3.63) is 100 Å². The monoisotopic (exact) mass is 470 g/mol. The first kappa shape index (κ1) is 24.2. The molecule has 1 aromatic heterocycles. The number of likely N-dealkylation sites (tertiary alicyclic amines) is 1. The van der Waals surface area contributed by atoms with Gasteiger partial charge < -0.3 is 14.7 Å². The van der Waals surface area contributed by atoms with E-state index in [1.165, 1.54) is 4.90 Å². The first-order valence-electron chi connectivity index (χ1n) is 11.6. The minimum atomic E-state index is -0.779. The lowest BCUT2D eigenvalue weighted by Gasteiger charge is -2.28. The van der Waals surface area contributed by atoms with E-state index in [-0.39, 0.29) is 17.5 Å². The summed E-state index contributed by atoms with van der Waals surface area (Å²) < 4.78 is 5.26. The number of benzene rings is 2. The maximum atomic E-state index is 13.7. The fourth-order valence-electron chi connectivity index (χ4n) is 4.43. The van der Waals surface area contributed by atoms with E-state index in [9.17, 15) is 14.7 Å². The van der Waals surface area contributed by atoms with Crippen LogP contribution in [0.2, 0.25) is 0 Å². The van der Waals surface area contributed by atoms with Crippen LogP contribution in [0.4, 0.5) is 0 Å². The summed E-state index contributed by atoms with van der Waals surface area (Å²) in [7, 11) is 1.56. The number of Topliss-reactive ketones (excluding diaryl/α,β-unsaturated/α-hetero) is 1. The Hall–Kier alpha value is -3.93. The highest BCUT2D eigenvalue weighted by atomic mass is 16.5. The van der Waals surface area contributed by atoms with Crippen molar-refractivity contribution in [2.24, 2.45) is 0 Å². The quantitative estimate of drug-likeness (QED) is 0.324. The molecule has 1 unspecified atom stereocenters. The number of amides is 1. The molecule has 1 aliphatic heterocycles. The number of carbonyl (C=O) groups is 2. The number of hydrogen-bond acceptors (Lipinski definition) is 4. The fraction of sp³-hybridized carbons (Fsp3) is 0.276. The standard InChI is InChI=1S/C29H30N2O4/c1-18-15-22(35-5)12-13-23(18)26(32)24-25(20-8-10-21(11-9-20)29(2,3)4)31(28(34)27(24)33)17-19-7-6-14-30-16-19/h6-16,25,32H,17H2,1-5H3. The summed E-state index contributed by atoms with van der Waals surface area (Å²) >= 11 is 0. The molecular formula is C29H30N2O4. The third-order valence-electron chi connectivity index (χ3n) is 6.42.